The Labute approximate surface area is 146 Å². The van der Waals surface area contributed by atoms with Gasteiger partial charge >= 0.3 is 0 Å². The molecule has 0 bridgehead atoms. The number of nitrogens with zero attached hydrogens (tertiary/aromatic N) is 2. The lowest BCUT2D eigenvalue weighted by atomic mass is 9.91. The molecule has 2 aliphatic rings. The normalized spacial score (nSPS) is 23.2. The number of amides is 1. The van der Waals surface area contributed by atoms with Gasteiger partial charge in [-0.3, -0.25) is 4.79 Å². The van der Waals surface area contributed by atoms with Crippen molar-refractivity contribution < 1.29 is 9.53 Å². The third kappa shape index (κ3) is 2.82. The van der Waals surface area contributed by atoms with E-state index in [4.69, 9.17) is 10.5 Å². The van der Waals surface area contributed by atoms with E-state index in [2.05, 4.69) is 27.9 Å². The summed E-state index contributed by atoms with van der Waals surface area (Å²) in [5, 5.41) is 0. The molecule has 0 spiro atoms. The van der Waals surface area contributed by atoms with Crippen LogP contribution in [0.15, 0.2) is 47.9 Å². The van der Waals surface area contributed by atoms with Gasteiger partial charge in [0.25, 0.3) is 0 Å². The molecule has 1 aromatic carbocycles. The van der Waals surface area contributed by atoms with Crippen molar-refractivity contribution in [2.24, 2.45) is 5.73 Å². The van der Waals surface area contributed by atoms with E-state index < -0.39 is 0 Å². The van der Waals surface area contributed by atoms with Gasteiger partial charge in [0, 0.05) is 24.4 Å². The summed E-state index contributed by atoms with van der Waals surface area (Å²) in [5.41, 5.74) is 10.4. The first-order chi connectivity index (χ1) is 12.2. The predicted octanol–water partition coefficient (Wildman–Crippen LogP) is 2.41. The maximum atomic E-state index is 12.1. The molecule has 3 N–H and O–H groups in total. The molecule has 1 aromatic heterocycles. The number of nitrogens with one attached hydrogen (secondary N) is 1. The number of imidazole rings is 1. The topological polar surface area (TPSA) is 84.2 Å². The first kappa shape index (κ1) is 15.9. The van der Waals surface area contributed by atoms with Gasteiger partial charge in [-0.1, -0.05) is 13.0 Å². The lowest BCUT2D eigenvalue weighted by Gasteiger charge is -2.42. The average molecular weight is 338 g/mol. The van der Waals surface area contributed by atoms with Crippen LogP contribution in [0, 0.1) is 0 Å². The standard InChI is InChI=1S/C19H22N4O2/c1-2-13-4-5-15(19(20)24)18(23(13)10-14-7-8-25-14)12-3-6-16-17(9-12)22-11-21-16/h3-6,9,11,14,18H,2,7-8,10H2,1H3,(H2,20,24)(H,21,22)/t14-,18?/m0/s1. The molecule has 6 nitrogen and oxygen atoms in total. The van der Waals surface area contributed by atoms with Crippen molar-refractivity contribution in [1.82, 2.24) is 14.9 Å². The van der Waals surface area contributed by atoms with Crippen LogP contribution in [0.2, 0.25) is 0 Å². The maximum Gasteiger partial charge on any atom is 0.247 e. The number of aromatic amines is 1. The number of allylic oxidation sites excluding steroid dienone is 3. The highest BCUT2D eigenvalue weighted by atomic mass is 16.5. The number of hydrogen-bond donors (Lipinski definition) is 2. The molecule has 1 fully saturated rings. The molecular weight excluding hydrogens is 316 g/mol. The summed E-state index contributed by atoms with van der Waals surface area (Å²) in [6.07, 6.45) is 7.69. The van der Waals surface area contributed by atoms with Crippen LogP contribution in [-0.4, -0.2) is 40.0 Å². The summed E-state index contributed by atoms with van der Waals surface area (Å²) in [4.78, 5) is 21.8. The monoisotopic (exact) mass is 338 g/mol. The number of benzene rings is 1. The number of aromatic nitrogens is 2. The van der Waals surface area contributed by atoms with Crippen LogP contribution in [0.1, 0.15) is 31.4 Å². The number of carbonyl (C=O) groups excluding carboxylic acids is 1. The molecule has 2 atom stereocenters. The van der Waals surface area contributed by atoms with Crippen molar-refractivity contribution >= 4 is 16.9 Å². The molecule has 0 saturated carbocycles. The summed E-state index contributed by atoms with van der Waals surface area (Å²) in [6.45, 7) is 3.70. The molecular formula is C19H22N4O2. The molecule has 2 aromatic rings. The zero-order chi connectivity index (χ0) is 17.4. The van der Waals surface area contributed by atoms with Gasteiger partial charge in [-0.2, -0.15) is 0 Å². The molecule has 25 heavy (non-hydrogen) atoms. The van der Waals surface area contributed by atoms with Crippen molar-refractivity contribution in [3.05, 3.63) is 53.5 Å². The van der Waals surface area contributed by atoms with Crippen LogP contribution in [-0.2, 0) is 9.53 Å². The van der Waals surface area contributed by atoms with E-state index in [9.17, 15) is 4.79 Å². The lowest BCUT2D eigenvalue weighted by Crippen LogP contribution is -2.44. The van der Waals surface area contributed by atoms with Crippen molar-refractivity contribution in [2.75, 3.05) is 13.2 Å². The minimum Gasteiger partial charge on any atom is -0.376 e. The fraction of sp³-hybridized carbons (Fsp3) is 0.368. The third-order valence-corrected chi connectivity index (χ3v) is 5.03. The summed E-state index contributed by atoms with van der Waals surface area (Å²) < 4.78 is 5.64. The quantitative estimate of drug-likeness (QED) is 0.877. The molecule has 3 heterocycles. The minimum atomic E-state index is -0.388. The molecule has 2 aliphatic heterocycles. The summed E-state index contributed by atoms with van der Waals surface area (Å²) >= 11 is 0. The van der Waals surface area contributed by atoms with Crippen molar-refractivity contribution in [1.29, 1.82) is 0 Å². The molecule has 0 radical (unpaired) electrons. The van der Waals surface area contributed by atoms with Gasteiger partial charge in [-0.25, -0.2) is 4.98 Å². The maximum absolute atomic E-state index is 12.1. The average Bonchev–Trinajstić information content (AvgIpc) is 3.04. The van der Waals surface area contributed by atoms with Gasteiger partial charge in [-0.05, 0) is 42.7 Å². The molecule has 1 unspecified atom stereocenters. The van der Waals surface area contributed by atoms with E-state index in [1.165, 1.54) is 5.70 Å². The highest BCUT2D eigenvalue weighted by Crippen LogP contribution is 2.37. The Bertz CT molecular complexity index is 863. The number of carbonyl (C=O) groups is 1. The molecule has 1 saturated heterocycles. The summed E-state index contributed by atoms with van der Waals surface area (Å²) in [6, 6.07) is 5.85. The van der Waals surface area contributed by atoms with Crippen LogP contribution in [0.4, 0.5) is 0 Å². The Hall–Kier alpha value is -2.60. The van der Waals surface area contributed by atoms with Crippen LogP contribution in [0.3, 0.4) is 0 Å². The first-order valence-electron chi connectivity index (χ1n) is 8.69. The van der Waals surface area contributed by atoms with Crippen molar-refractivity contribution in [2.45, 2.75) is 31.9 Å². The fourth-order valence-electron chi connectivity index (χ4n) is 3.60. The smallest absolute Gasteiger partial charge is 0.247 e. The van der Waals surface area contributed by atoms with Crippen LogP contribution in [0.5, 0.6) is 0 Å². The number of ether oxygens (including phenoxy) is 1. The molecule has 130 valence electrons. The van der Waals surface area contributed by atoms with Crippen LogP contribution >= 0.6 is 0 Å². The Morgan fingerprint density at radius 2 is 2.28 bits per heavy atom. The fourth-order valence-corrected chi connectivity index (χ4v) is 3.60. The second-order valence-corrected chi connectivity index (χ2v) is 6.51. The van der Waals surface area contributed by atoms with Crippen LogP contribution < -0.4 is 5.73 Å². The second kappa shape index (κ2) is 6.37. The molecule has 1 amide bonds. The highest BCUT2D eigenvalue weighted by Gasteiger charge is 2.34. The van der Waals surface area contributed by atoms with E-state index in [1.807, 2.05) is 24.3 Å². The van der Waals surface area contributed by atoms with Crippen molar-refractivity contribution in [3.63, 3.8) is 0 Å². The van der Waals surface area contributed by atoms with Gasteiger partial charge in [0.2, 0.25) is 5.91 Å². The van der Waals surface area contributed by atoms with Crippen molar-refractivity contribution in [3.8, 4) is 0 Å². The van der Waals surface area contributed by atoms with Gasteiger partial charge in [0.05, 0.1) is 29.5 Å². The van der Waals surface area contributed by atoms with E-state index in [1.54, 1.807) is 6.33 Å². The Morgan fingerprint density at radius 3 is 2.96 bits per heavy atom. The Balaban J connectivity index is 1.78. The number of fused-ring (bicyclic) bond motifs is 1. The van der Waals surface area contributed by atoms with E-state index in [-0.39, 0.29) is 18.1 Å². The van der Waals surface area contributed by atoms with Gasteiger partial charge in [-0.15, -0.1) is 0 Å². The number of nitrogens with two attached hydrogens (primary N) is 1. The first-order valence-corrected chi connectivity index (χ1v) is 8.69. The van der Waals surface area contributed by atoms with E-state index in [0.29, 0.717) is 5.57 Å². The molecule has 0 aliphatic carbocycles. The van der Waals surface area contributed by atoms with E-state index in [0.717, 1.165) is 42.6 Å². The predicted molar refractivity (Wildman–Crippen MR) is 95.5 cm³/mol. The van der Waals surface area contributed by atoms with E-state index >= 15 is 0 Å². The number of rotatable bonds is 5. The zero-order valence-corrected chi connectivity index (χ0v) is 14.2. The SMILES string of the molecule is CCC1=CC=C(C(N)=O)C(c2ccc3nc[nH]c3c2)N1C[C@@H]1CCO1. The zero-order valence-electron chi connectivity index (χ0n) is 14.2. The Morgan fingerprint density at radius 1 is 1.44 bits per heavy atom. The summed E-state index contributed by atoms with van der Waals surface area (Å²) in [7, 11) is 0. The summed E-state index contributed by atoms with van der Waals surface area (Å²) in [5.74, 6) is -0.388. The molecule has 6 heteroatoms. The lowest BCUT2D eigenvalue weighted by molar-refractivity contribution is -0.115. The Kier molecular flexibility index (Phi) is 4.05. The van der Waals surface area contributed by atoms with Gasteiger partial charge in [0.15, 0.2) is 0 Å². The largest absolute Gasteiger partial charge is 0.376 e. The van der Waals surface area contributed by atoms with Crippen LogP contribution in [0.25, 0.3) is 11.0 Å². The number of primary amides is 1. The number of H-pyrrole nitrogens is 1. The third-order valence-electron chi connectivity index (χ3n) is 5.03. The number of hydrogen-bond acceptors (Lipinski definition) is 4. The minimum absolute atomic E-state index is 0.200. The highest BCUT2D eigenvalue weighted by molar-refractivity contribution is 5.94. The second-order valence-electron chi connectivity index (χ2n) is 6.51. The van der Waals surface area contributed by atoms with Gasteiger partial charge < -0.3 is 20.4 Å². The molecule has 4 rings (SSSR count). The van der Waals surface area contributed by atoms with Gasteiger partial charge in [0.1, 0.15) is 0 Å².